The Balaban J connectivity index is 2.71. The lowest BCUT2D eigenvalue weighted by Gasteiger charge is -2.16. The van der Waals surface area contributed by atoms with E-state index in [1.165, 1.54) is 0 Å². The van der Waals surface area contributed by atoms with E-state index in [-0.39, 0.29) is 10.0 Å². The summed E-state index contributed by atoms with van der Waals surface area (Å²) < 4.78 is 78.2. The van der Waals surface area contributed by atoms with Crippen molar-refractivity contribution >= 4 is 29.0 Å². The van der Waals surface area contributed by atoms with Gasteiger partial charge in [0, 0.05) is 21.2 Å². The van der Waals surface area contributed by atoms with Crippen molar-refractivity contribution < 1.29 is 31.1 Å². The summed E-state index contributed by atoms with van der Waals surface area (Å²) >= 11 is 11.2. The summed E-state index contributed by atoms with van der Waals surface area (Å²) in [6, 6.07) is 4.20. The molecule has 2 aromatic rings. The second kappa shape index (κ2) is 6.29. The molecular weight excluding hydrogens is 381 g/mol. The first-order valence-electron chi connectivity index (χ1n) is 6.19. The molecule has 0 aliphatic carbocycles. The highest BCUT2D eigenvalue weighted by molar-refractivity contribution is 6.32. The summed E-state index contributed by atoms with van der Waals surface area (Å²) in [7, 11) is 0. The van der Waals surface area contributed by atoms with Crippen LogP contribution in [0.25, 0.3) is 0 Å². The highest BCUT2D eigenvalue weighted by Gasteiger charge is 2.39. The van der Waals surface area contributed by atoms with Gasteiger partial charge in [0.15, 0.2) is 5.78 Å². The van der Waals surface area contributed by atoms with Crippen LogP contribution in [0.1, 0.15) is 27.0 Å². The fourth-order valence-corrected chi connectivity index (χ4v) is 2.39. The van der Waals surface area contributed by atoms with Crippen LogP contribution in [0.5, 0.6) is 0 Å². The first-order valence-corrected chi connectivity index (χ1v) is 6.95. The minimum absolute atomic E-state index is 0.220. The van der Waals surface area contributed by atoms with Gasteiger partial charge in [-0.05, 0) is 36.4 Å². The summed E-state index contributed by atoms with van der Waals surface area (Å²) in [6.07, 6.45) is -9.88. The summed E-state index contributed by atoms with van der Waals surface area (Å²) in [5, 5.41) is -0.441. The van der Waals surface area contributed by atoms with E-state index in [2.05, 4.69) is 0 Å². The summed E-state index contributed by atoms with van der Waals surface area (Å²) in [5.74, 6) is -1.47. The fraction of sp³-hybridized carbons (Fsp3) is 0.133. The quantitative estimate of drug-likeness (QED) is 0.439. The molecular formula is C15H6Cl2F6O. The largest absolute Gasteiger partial charge is 0.417 e. The molecule has 0 radical (unpaired) electrons. The molecule has 0 saturated heterocycles. The number of carbonyl (C=O) groups excluding carboxylic acids is 1. The maximum absolute atomic E-state index is 13.0. The summed E-state index contributed by atoms with van der Waals surface area (Å²) in [6.45, 7) is 0. The van der Waals surface area contributed by atoms with E-state index >= 15 is 0 Å². The van der Waals surface area contributed by atoms with Gasteiger partial charge in [0.25, 0.3) is 0 Å². The predicted molar refractivity (Wildman–Crippen MR) is 76.3 cm³/mol. The van der Waals surface area contributed by atoms with Crippen molar-refractivity contribution in [2.75, 3.05) is 0 Å². The minimum Gasteiger partial charge on any atom is -0.289 e. The van der Waals surface area contributed by atoms with Crippen LogP contribution in [-0.2, 0) is 12.4 Å². The number of ketones is 1. The first kappa shape index (κ1) is 18.6. The second-order valence-corrected chi connectivity index (χ2v) is 5.58. The maximum atomic E-state index is 13.0. The number of rotatable bonds is 2. The lowest BCUT2D eigenvalue weighted by Crippen LogP contribution is -2.18. The molecule has 0 unspecified atom stereocenters. The molecule has 0 amide bonds. The van der Waals surface area contributed by atoms with Gasteiger partial charge in [-0.3, -0.25) is 4.79 Å². The van der Waals surface area contributed by atoms with Crippen molar-refractivity contribution in [3.63, 3.8) is 0 Å². The van der Waals surface area contributed by atoms with Crippen LogP contribution in [0.15, 0.2) is 36.4 Å². The number of hydrogen-bond acceptors (Lipinski definition) is 1. The van der Waals surface area contributed by atoms with Crippen molar-refractivity contribution in [3.8, 4) is 0 Å². The molecule has 2 rings (SSSR count). The van der Waals surface area contributed by atoms with Gasteiger partial charge in [-0.15, -0.1) is 0 Å². The lowest BCUT2D eigenvalue weighted by molar-refractivity contribution is -0.138. The van der Waals surface area contributed by atoms with Crippen LogP contribution in [0, 0.1) is 0 Å². The third-order valence-corrected chi connectivity index (χ3v) is 3.53. The molecule has 0 aliphatic heterocycles. The molecule has 0 N–H and O–H groups in total. The fourth-order valence-electron chi connectivity index (χ4n) is 2.05. The Morgan fingerprint density at radius 3 is 1.33 bits per heavy atom. The number of benzene rings is 2. The summed E-state index contributed by atoms with van der Waals surface area (Å²) in [5.41, 5.74) is -4.74. The summed E-state index contributed by atoms with van der Waals surface area (Å²) in [4.78, 5) is 12.4. The molecule has 0 spiro atoms. The number of alkyl halides is 6. The van der Waals surface area contributed by atoms with Gasteiger partial charge >= 0.3 is 12.4 Å². The Morgan fingerprint density at radius 1 is 0.708 bits per heavy atom. The molecule has 9 heteroatoms. The van der Waals surface area contributed by atoms with E-state index in [1.807, 2.05) is 0 Å². The monoisotopic (exact) mass is 386 g/mol. The molecule has 0 fully saturated rings. The van der Waals surface area contributed by atoms with Crippen molar-refractivity contribution in [3.05, 3.63) is 68.7 Å². The highest BCUT2D eigenvalue weighted by Crippen LogP contribution is 2.38. The zero-order valence-electron chi connectivity index (χ0n) is 11.4. The van der Waals surface area contributed by atoms with Crippen LogP contribution in [0.3, 0.4) is 0 Å². The van der Waals surface area contributed by atoms with Crippen LogP contribution < -0.4 is 0 Å². The number of hydrogen-bond donors (Lipinski definition) is 0. The first-order chi connectivity index (χ1) is 10.9. The highest BCUT2D eigenvalue weighted by atomic mass is 35.5. The standard InChI is InChI=1S/C15H6Cl2F6O/c16-7-1-3-11(14(18,19)20)9(5-7)13(24)10-6-8(17)2-4-12(10)15(21,22)23/h1-6H. The van der Waals surface area contributed by atoms with E-state index in [4.69, 9.17) is 23.2 Å². The van der Waals surface area contributed by atoms with E-state index < -0.39 is 40.4 Å². The van der Waals surface area contributed by atoms with Gasteiger partial charge in [-0.25, -0.2) is 0 Å². The van der Waals surface area contributed by atoms with E-state index in [9.17, 15) is 31.1 Å². The average Bonchev–Trinajstić information content (AvgIpc) is 2.43. The Bertz CT molecular complexity index is 730. The molecule has 1 nitrogen and oxygen atoms in total. The molecule has 0 aliphatic rings. The van der Waals surface area contributed by atoms with Crippen LogP contribution in [-0.4, -0.2) is 5.78 Å². The van der Waals surface area contributed by atoms with Gasteiger partial charge in [0.2, 0.25) is 0 Å². The van der Waals surface area contributed by atoms with E-state index in [0.29, 0.717) is 24.3 Å². The predicted octanol–water partition coefficient (Wildman–Crippen LogP) is 6.26. The van der Waals surface area contributed by atoms with E-state index in [0.717, 1.165) is 12.1 Å². The molecule has 0 heterocycles. The topological polar surface area (TPSA) is 17.1 Å². The third-order valence-electron chi connectivity index (χ3n) is 3.06. The van der Waals surface area contributed by atoms with E-state index in [1.54, 1.807) is 0 Å². The van der Waals surface area contributed by atoms with Gasteiger partial charge in [-0.1, -0.05) is 23.2 Å². The number of carbonyl (C=O) groups is 1. The minimum atomic E-state index is -4.94. The molecule has 0 aromatic heterocycles. The van der Waals surface area contributed by atoms with Crippen LogP contribution in [0.2, 0.25) is 10.0 Å². The van der Waals surface area contributed by atoms with Crippen molar-refractivity contribution in [2.24, 2.45) is 0 Å². The molecule has 0 atom stereocenters. The van der Waals surface area contributed by atoms with Gasteiger partial charge in [0.1, 0.15) is 0 Å². The van der Waals surface area contributed by atoms with Gasteiger partial charge in [0.05, 0.1) is 11.1 Å². The Morgan fingerprint density at radius 2 is 1.04 bits per heavy atom. The van der Waals surface area contributed by atoms with Crippen LogP contribution in [0.4, 0.5) is 26.3 Å². The second-order valence-electron chi connectivity index (χ2n) is 4.70. The number of halogens is 8. The molecule has 24 heavy (non-hydrogen) atoms. The average molecular weight is 387 g/mol. The zero-order chi connectivity index (χ0) is 18.3. The van der Waals surface area contributed by atoms with Crippen molar-refractivity contribution in [1.82, 2.24) is 0 Å². The lowest BCUT2D eigenvalue weighted by atomic mass is 9.94. The maximum Gasteiger partial charge on any atom is 0.417 e. The van der Waals surface area contributed by atoms with Crippen molar-refractivity contribution in [1.29, 1.82) is 0 Å². The smallest absolute Gasteiger partial charge is 0.289 e. The molecule has 0 bridgehead atoms. The molecule has 2 aromatic carbocycles. The SMILES string of the molecule is O=C(c1cc(Cl)ccc1C(F)(F)F)c1cc(Cl)ccc1C(F)(F)F. The third kappa shape index (κ3) is 3.84. The molecule has 128 valence electrons. The van der Waals surface area contributed by atoms with Crippen LogP contribution >= 0.6 is 23.2 Å². The van der Waals surface area contributed by atoms with Gasteiger partial charge < -0.3 is 0 Å². The Kier molecular flexibility index (Phi) is 4.88. The Labute approximate surface area is 141 Å². The Hall–Kier alpha value is -1.73. The zero-order valence-corrected chi connectivity index (χ0v) is 12.9. The molecule has 0 saturated carbocycles. The van der Waals surface area contributed by atoms with Crippen molar-refractivity contribution in [2.45, 2.75) is 12.4 Å². The van der Waals surface area contributed by atoms with Gasteiger partial charge in [-0.2, -0.15) is 26.3 Å². The normalized spacial score (nSPS) is 12.3.